The van der Waals surface area contributed by atoms with Crippen molar-refractivity contribution in [2.45, 2.75) is 46.6 Å². The summed E-state index contributed by atoms with van der Waals surface area (Å²) in [7, 11) is 1.61. The van der Waals surface area contributed by atoms with E-state index in [1.54, 1.807) is 11.7 Å². The molecule has 0 aliphatic carbocycles. The van der Waals surface area contributed by atoms with E-state index in [-0.39, 0.29) is 0 Å². The lowest BCUT2D eigenvalue weighted by atomic mass is 10.3. The summed E-state index contributed by atoms with van der Waals surface area (Å²) < 4.78 is 5.00. The maximum absolute atomic E-state index is 12.3. The zero-order valence-corrected chi connectivity index (χ0v) is 14.5. The summed E-state index contributed by atoms with van der Waals surface area (Å²) in [6.45, 7) is 6.77. The highest BCUT2D eigenvalue weighted by Crippen LogP contribution is 2.18. The molecule has 8 nitrogen and oxygen atoms in total. The smallest absolute Gasteiger partial charge is 0.302 e. The van der Waals surface area contributed by atoms with Crippen molar-refractivity contribution in [3.8, 4) is 5.95 Å². The highest BCUT2D eigenvalue weighted by Gasteiger charge is 2.20. The summed E-state index contributed by atoms with van der Waals surface area (Å²) in [6.07, 6.45) is 2.47. The van der Waals surface area contributed by atoms with Crippen LogP contribution in [0.4, 0.5) is 0 Å². The summed E-state index contributed by atoms with van der Waals surface area (Å²) in [5, 5.41) is 4.62. The highest BCUT2D eigenvalue weighted by molar-refractivity contribution is 5.72. The van der Waals surface area contributed by atoms with Crippen molar-refractivity contribution in [2.24, 2.45) is 7.05 Å². The second kappa shape index (κ2) is 6.10. The van der Waals surface area contributed by atoms with Crippen molar-refractivity contribution in [1.29, 1.82) is 0 Å². The Kier molecular flexibility index (Phi) is 4.13. The van der Waals surface area contributed by atoms with Gasteiger partial charge < -0.3 is 4.57 Å². The first-order valence-electron chi connectivity index (χ1n) is 8.29. The number of imidazole rings is 1. The SMILES string of the molecule is CCCn1c(-n2nc(CC)cc2CC)nc2c1c(=O)[nH]c(=O)n2C. The van der Waals surface area contributed by atoms with Crippen LogP contribution in [-0.4, -0.2) is 28.9 Å². The highest BCUT2D eigenvalue weighted by atomic mass is 16.2. The number of nitrogens with one attached hydrogen (secondary N) is 1. The third-order valence-corrected chi connectivity index (χ3v) is 4.18. The van der Waals surface area contributed by atoms with Gasteiger partial charge >= 0.3 is 5.69 Å². The molecule has 128 valence electrons. The quantitative estimate of drug-likeness (QED) is 0.759. The van der Waals surface area contributed by atoms with Crippen molar-refractivity contribution in [3.05, 3.63) is 38.3 Å². The van der Waals surface area contributed by atoms with Gasteiger partial charge in [-0.15, -0.1) is 0 Å². The monoisotopic (exact) mass is 330 g/mol. The minimum absolute atomic E-state index is 0.378. The molecule has 3 rings (SSSR count). The molecule has 0 atom stereocenters. The van der Waals surface area contributed by atoms with Gasteiger partial charge in [-0.05, 0) is 25.3 Å². The third kappa shape index (κ3) is 2.38. The lowest BCUT2D eigenvalue weighted by Gasteiger charge is -2.09. The van der Waals surface area contributed by atoms with Gasteiger partial charge in [0.25, 0.3) is 5.56 Å². The molecule has 0 aromatic carbocycles. The summed E-state index contributed by atoms with van der Waals surface area (Å²) >= 11 is 0. The molecule has 0 fully saturated rings. The normalized spacial score (nSPS) is 11.5. The third-order valence-electron chi connectivity index (χ3n) is 4.18. The summed E-state index contributed by atoms with van der Waals surface area (Å²) in [4.78, 5) is 31.2. The van der Waals surface area contributed by atoms with Crippen molar-refractivity contribution in [2.75, 3.05) is 0 Å². The number of hydrogen-bond donors (Lipinski definition) is 1. The van der Waals surface area contributed by atoms with Crippen LogP contribution in [0.2, 0.25) is 0 Å². The first kappa shape index (κ1) is 16.2. The lowest BCUT2D eigenvalue weighted by molar-refractivity contribution is 0.635. The van der Waals surface area contributed by atoms with Crippen molar-refractivity contribution < 1.29 is 0 Å². The summed E-state index contributed by atoms with van der Waals surface area (Å²) in [5.74, 6) is 0.579. The molecule has 24 heavy (non-hydrogen) atoms. The van der Waals surface area contributed by atoms with Gasteiger partial charge in [-0.2, -0.15) is 10.1 Å². The van der Waals surface area contributed by atoms with Crippen LogP contribution in [0.1, 0.15) is 38.6 Å². The molecule has 3 aromatic rings. The van der Waals surface area contributed by atoms with Crippen molar-refractivity contribution in [1.82, 2.24) is 28.9 Å². The van der Waals surface area contributed by atoms with E-state index >= 15 is 0 Å². The second-order valence-electron chi connectivity index (χ2n) is 5.80. The molecular formula is C16H22N6O2. The molecule has 0 radical (unpaired) electrons. The zero-order chi connectivity index (χ0) is 17.4. The molecule has 0 spiro atoms. The fourth-order valence-electron chi connectivity index (χ4n) is 2.89. The van der Waals surface area contributed by atoms with Crippen LogP contribution in [0, 0.1) is 0 Å². The Morgan fingerprint density at radius 3 is 2.54 bits per heavy atom. The number of H-pyrrole nitrogens is 1. The van der Waals surface area contributed by atoms with Gasteiger partial charge in [0.2, 0.25) is 5.95 Å². The van der Waals surface area contributed by atoms with Gasteiger partial charge in [0.15, 0.2) is 11.2 Å². The van der Waals surface area contributed by atoms with E-state index < -0.39 is 11.2 Å². The molecule has 0 amide bonds. The predicted octanol–water partition coefficient (Wildman–Crippen LogP) is 1.14. The van der Waals surface area contributed by atoms with E-state index in [1.807, 2.05) is 11.5 Å². The number of nitrogens with zero attached hydrogens (tertiary/aromatic N) is 5. The van der Waals surface area contributed by atoms with Crippen LogP contribution >= 0.6 is 0 Å². The van der Waals surface area contributed by atoms with E-state index in [0.717, 1.165) is 30.7 Å². The molecule has 8 heteroatoms. The zero-order valence-electron chi connectivity index (χ0n) is 14.5. The Morgan fingerprint density at radius 1 is 1.17 bits per heavy atom. The van der Waals surface area contributed by atoms with E-state index in [1.165, 1.54) is 4.57 Å². The number of aromatic nitrogens is 6. The molecule has 1 N–H and O–H groups in total. The minimum atomic E-state index is -0.467. The van der Waals surface area contributed by atoms with Gasteiger partial charge in [-0.3, -0.25) is 14.3 Å². The molecular weight excluding hydrogens is 308 g/mol. The minimum Gasteiger partial charge on any atom is -0.302 e. The van der Waals surface area contributed by atoms with Crippen molar-refractivity contribution in [3.63, 3.8) is 0 Å². The van der Waals surface area contributed by atoms with E-state index in [9.17, 15) is 9.59 Å². The molecule has 0 bridgehead atoms. The molecule has 0 saturated carbocycles. The number of hydrogen-bond acceptors (Lipinski definition) is 4. The Labute approximate surface area is 138 Å². The number of aromatic amines is 1. The second-order valence-corrected chi connectivity index (χ2v) is 5.80. The fourth-order valence-corrected chi connectivity index (χ4v) is 2.89. The Balaban J connectivity index is 2.40. The first-order valence-corrected chi connectivity index (χ1v) is 8.29. The van der Waals surface area contributed by atoms with Crippen LogP contribution in [0.5, 0.6) is 0 Å². The van der Waals surface area contributed by atoms with Gasteiger partial charge in [0, 0.05) is 19.3 Å². The van der Waals surface area contributed by atoms with E-state index in [0.29, 0.717) is 23.7 Å². The first-order chi connectivity index (χ1) is 11.5. The average Bonchev–Trinajstić information content (AvgIpc) is 3.14. The van der Waals surface area contributed by atoms with E-state index in [2.05, 4.69) is 35.0 Å². The average molecular weight is 330 g/mol. The predicted molar refractivity (Wildman–Crippen MR) is 91.8 cm³/mol. The maximum atomic E-state index is 12.3. The number of aryl methyl sites for hydroxylation is 4. The van der Waals surface area contributed by atoms with Gasteiger partial charge in [0.1, 0.15) is 0 Å². The Morgan fingerprint density at radius 2 is 1.92 bits per heavy atom. The standard InChI is InChI=1S/C16H22N6O2/c1-5-8-21-12-13(20(4)16(24)18-14(12)23)17-15(21)22-11(7-3)9-10(6-2)19-22/h9H,5-8H2,1-4H3,(H,18,23,24). The topological polar surface area (TPSA) is 90.5 Å². The number of fused-ring (bicyclic) bond motifs is 1. The molecule has 0 aliphatic heterocycles. The Bertz CT molecular complexity index is 1000. The fraction of sp³-hybridized carbons (Fsp3) is 0.500. The van der Waals surface area contributed by atoms with Crippen LogP contribution in [0.15, 0.2) is 15.7 Å². The van der Waals surface area contributed by atoms with Crippen LogP contribution in [-0.2, 0) is 26.4 Å². The van der Waals surface area contributed by atoms with Crippen LogP contribution in [0.25, 0.3) is 17.1 Å². The van der Waals surface area contributed by atoms with E-state index in [4.69, 9.17) is 0 Å². The van der Waals surface area contributed by atoms with Gasteiger partial charge in [-0.25, -0.2) is 9.48 Å². The maximum Gasteiger partial charge on any atom is 0.329 e. The van der Waals surface area contributed by atoms with Crippen molar-refractivity contribution >= 4 is 11.2 Å². The summed E-state index contributed by atoms with van der Waals surface area (Å²) in [5.41, 5.74) is 1.91. The van der Waals surface area contributed by atoms with Crippen LogP contribution < -0.4 is 11.2 Å². The largest absolute Gasteiger partial charge is 0.329 e. The van der Waals surface area contributed by atoms with Gasteiger partial charge in [-0.1, -0.05) is 20.8 Å². The molecule has 0 unspecified atom stereocenters. The van der Waals surface area contributed by atoms with Crippen LogP contribution in [0.3, 0.4) is 0 Å². The molecule has 0 saturated heterocycles. The van der Waals surface area contributed by atoms with Gasteiger partial charge in [0.05, 0.1) is 5.69 Å². The summed E-state index contributed by atoms with van der Waals surface area (Å²) in [6, 6.07) is 2.05. The molecule has 3 aromatic heterocycles. The lowest BCUT2D eigenvalue weighted by Crippen LogP contribution is -2.29. The Hall–Kier alpha value is -2.64. The molecule has 0 aliphatic rings. The molecule has 3 heterocycles. The number of rotatable bonds is 5.